The molecule has 2 rings (SSSR count). The van der Waals surface area contributed by atoms with Gasteiger partial charge < -0.3 is 10.1 Å². The minimum absolute atomic E-state index is 0.0524. The summed E-state index contributed by atoms with van der Waals surface area (Å²) in [6, 6.07) is 13.8. The van der Waals surface area contributed by atoms with Crippen molar-refractivity contribution in [3.8, 4) is 5.75 Å². The van der Waals surface area contributed by atoms with E-state index in [2.05, 4.69) is 48.3 Å². The molecule has 1 N–H and O–H groups in total. The molecule has 1 amide bonds. The van der Waals surface area contributed by atoms with Crippen molar-refractivity contribution in [1.82, 2.24) is 10.2 Å². The van der Waals surface area contributed by atoms with E-state index < -0.39 is 0 Å². The van der Waals surface area contributed by atoms with Crippen LogP contribution in [0.4, 0.5) is 0 Å². The number of aryl methyl sites for hydroxylation is 1. The Morgan fingerprint density at radius 1 is 1.08 bits per heavy atom. The molecule has 0 fully saturated rings. The van der Waals surface area contributed by atoms with Crippen LogP contribution in [0.5, 0.6) is 5.75 Å². The van der Waals surface area contributed by atoms with Crippen LogP contribution in [0.3, 0.4) is 0 Å². The van der Waals surface area contributed by atoms with Gasteiger partial charge in [0.1, 0.15) is 5.75 Å². The molecule has 5 heteroatoms. The summed E-state index contributed by atoms with van der Waals surface area (Å²) in [5, 5.41) is 3.38. The maximum atomic E-state index is 12.0. The van der Waals surface area contributed by atoms with Gasteiger partial charge >= 0.3 is 0 Å². The average molecular weight is 375 g/mol. The zero-order chi connectivity index (χ0) is 18.9. The monoisotopic (exact) mass is 374 g/mol. The summed E-state index contributed by atoms with van der Waals surface area (Å²) in [5.74, 6) is 0.359. The third kappa shape index (κ3) is 6.36. The fourth-order valence-electron chi connectivity index (χ4n) is 2.58. The molecule has 0 saturated heterocycles. The Morgan fingerprint density at radius 3 is 2.38 bits per heavy atom. The van der Waals surface area contributed by atoms with Gasteiger partial charge in [-0.05, 0) is 48.8 Å². The minimum Gasteiger partial charge on any atom is -0.482 e. The largest absolute Gasteiger partial charge is 0.482 e. The molecule has 140 valence electrons. The topological polar surface area (TPSA) is 41.6 Å². The van der Waals surface area contributed by atoms with Crippen LogP contribution in [0.25, 0.3) is 0 Å². The molecule has 0 aromatic heterocycles. The molecule has 0 saturated carbocycles. The first kappa shape index (κ1) is 20.3. The van der Waals surface area contributed by atoms with Crippen LogP contribution in [-0.4, -0.2) is 30.5 Å². The second kappa shape index (κ2) is 10.2. The highest BCUT2D eigenvalue weighted by atomic mass is 35.5. The predicted octanol–water partition coefficient (Wildman–Crippen LogP) is 4.19. The van der Waals surface area contributed by atoms with Crippen molar-refractivity contribution in [3.63, 3.8) is 0 Å². The van der Waals surface area contributed by atoms with Gasteiger partial charge in [0.25, 0.3) is 5.91 Å². The first-order chi connectivity index (χ1) is 12.5. The van der Waals surface area contributed by atoms with E-state index in [4.69, 9.17) is 16.3 Å². The lowest BCUT2D eigenvalue weighted by Gasteiger charge is -2.18. The number of amides is 1. The van der Waals surface area contributed by atoms with Crippen molar-refractivity contribution in [2.45, 2.75) is 33.9 Å². The van der Waals surface area contributed by atoms with E-state index in [0.717, 1.165) is 30.8 Å². The van der Waals surface area contributed by atoms with Gasteiger partial charge in [0.2, 0.25) is 0 Å². The van der Waals surface area contributed by atoms with E-state index >= 15 is 0 Å². The number of carbonyl (C=O) groups excluding carboxylic acids is 1. The molecule has 0 heterocycles. The summed E-state index contributed by atoms with van der Waals surface area (Å²) in [7, 11) is 0. The number of halogens is 1. The van der Waals surface area contributed by atoms with Crippen LogP contribution in [0, 0.1) is 6.92 Å². The number of nitrogens with one attached hydrogen (secondary N) is 1. The SMILES string of the molecule is CCN(CC)Cc1ccc(CNC(=O)COc2cc(C)ccc2Cl)cc1. The van der Waals surface area contributed by atoms with Gasteiger partial charge in [0.05, 0.1) is 5.02 Å². The zero-order valence-corrected chi connectivity index (χ0v) is 16.5. The van der Waals surface area contributed by atoms with E-state index in [0.29, 0.717) is 17.3 Å². The number of hydrogen-bond acceptors (Lipinski definition) is 3. The molecule has 0 bridgehead atoms. The third-order valence-electron chi connectivity index (χ3n) is 4.26. The Hall–Kier alpha value is -2.04. The third-order valence-corrected chi connectivity index (χ3v) is 4.57. The van der Waals surface area contributed by atoms with Crippen LogP contribution in [0.1, 0.15) is 30.5 Å². The lowest BCUT2D eigenvalue weighted by Crippen LogP contribution is -2.28. The van der Waals surface area contributed by atoms with E-state index in [1.165, 1.54) is 5.56 Å². The van der Waals surface area contributed by atoms with Crippen molar-refractivity contribution in [3.05, 3.63) is 64.2 Å². The van der Waals surface area contributed by atoms with Crippen molar-refractivity contribution in [2.75, 3.05) is 19.7 Å². The molecular weight excluding hydrogens is 348 g/mol. The van der Waals surface area contributed by atoms with Gasteiger partial charge in [0, 0.05) is 13.1 Å². The summed E-state index contributed by atoms with van der Waals surface area (Å²) in [4.78, 5) is 14.4. The highest BCUT2D eigenvalue weighted by molar-refractivity contribution is 6.32. The molecule has 0 atom stereocenters. The molecule has 0 aliphatic heterocycles. The fraction of sp³-hybridized carbons (Fsp3) is 0.381. The number of nitrogens with zero attached hydrogens (tertiary/aromatic N) is 1. The van der Waals surface area contributed by atoms with E-state index in [-0.39, 0.29) is 12.5 Å². The highest BCUT2D eigenvalue weighted by Crippen LogP contribution is 2.25. The molecule has 0 unspecified atom stereocenters. The molecule has 0 aliphatic carbocycles. The maximum Gasteiger partial charge on any atom is 0.258 e. The molecule has 0 radical (unpaired) electrons. The average Bonchev–Trinajstić information content (AvgIpc) is 2.66. The van der Waals surface area contributed by atoms with Crippen LogP contribution in [0.15, 0.2) is 42.5 Å². The molecule has 2 aromatic rings. The Bertz CT molecular complexity index is 712. The number of hydrogen-bond donors (Lipinski definition) is 1. The normalized spacial score (nSPS) is 10.8. The number of benzene rings is 2. The van der Waals surface area contributed by atoms with Crippen molar-refractivity contribution in [2.24, 2.45) is 0 Å². The Kier molecular flexibility index (Phi) is 7.95. The van der Waals surface area contributed by atoms with Gasteiger partial charge in [-0.2, -0.15) is 0 Å². The number of ether oxygens (including phenoxy) is 1. The lowest BCUT2D eigenvalue weighted by atomic mass is 10.1. The number of carbonyl (C=O) groups is 1. The molecule has 4 nitrogen and oxygen atoms in total. The molecule has 0 aliphatic rings. The Morgan fingerprint density at radius 2 is 1.73 bits per heavy atom. The summed E-state index contributed by atoms with van der Waals surface area (Å²) >= 11 is 6.06. The Labute approximate surface area is 161 Å². The van der Waals surface area contributed by atoms with Gasteiger partial charge in [-0.1, -0.05) is 55.8 Å². The van der Waals surface area contributed by atoms with Gasteiger partial charge in [-0.15, -0.1) is 0 Å². The summed E-state index contributed by atoms with van der Waals surface area (Å²) in [6.45, 7) is 9.74. The standard InChI is InChI=1S/C21H27ClN2O2/c1-4-24(5-2)14-18-9-7-17(8-10-18)13-23-21(25)15-26-20-12-16(3)6-11-19(20)22/h6-12H,4-5,13-15H2,1-3H3,(H,23,25). The maximum absolute atomic E-state index is 12.0. The minimum atomic E-state index is -0.171. The van der Waals surface area contributed by atoms with Crippen molar-refractivity contribution < 1.29 is 9.53 Å². The van der Waals surface area contributed by atoms with Crippen LogP contribution >= 0.6 is 11.6 Å². The van der Waals surface area contributed by atoms with Gasteiger partial charge in [-0.25, -0.2) is 0 Å². The summed E-state index contributed by atoms with van der Waals surface area (Å²) < 4.78 is 5.51. The zero-order valence-electron chi connectivity index (χ0n) is 15.7. The first-order valence-electron chi connectivity index (χ1n) is 8.97. The highest BCUT2D eigenvalue weighted by Gasteiger charge is 2.07. The molecule has 26 heavy (non-hydrogen) atoms. The van der Waals surface area contributed by atoms with E-state index in [9.17, 15) is 4.79 Å². The first-order valence-corrected chi connectivity index (χ1v) is 9.35. The summed E-state index contributed by atoms with van der Waals surface area (Å²) in [6.07, 6.45) is 0. The van der Waals surface area contributed by atoms with E-state index in [1.807, 2.05) is 19.1 Å². The smallest absolute Gasteiger partial charge is 0.258 e. The predicted molar refractivity (Wildman–Crippen MR) is 107 cm³/mol. The van der Waals surface area contributed by atoms with Gasteiger partial charge in [-0.3, -0.25) is 9.69 Å². The number of rotatable bonds is 9. The van der Waals surface area contributed by atoms with Crippen LogP contribution in [0.2, 0.25) is 5.02 Å². The molecule has 0 spiro atoms. The Balaban J connectivity index is 1.79. The summed E-state index contributed by atoms with van der Waals surface area (Å²) in [5.41, 5.74) is 3.38. The van der Waals surface area contributed by atoms with Crippen molar-refractivity contribution in [1.29, 1.82) is 0 Å². The second-order valence-electron chi connectivity index (χ2n) is 6.28. The van der Waals surface area contributed by atoms with E-state index in [1.54, 1.807) is 6.07 Å². The van der Waals surface area contributed by atoms with Gasteiger partial charge in [0.15, 0.2) is 6.61 Å². The molecular formula is C21H27ClN2O2. The van der Waals surface area contributed by atoms with Crippen LogP contribution in [-0.2, 0) is 17.9 Å². The molecule has 2 aromatic carbocycles. The second-order valence-corrected chi connectivity index (χ2v) is 6.68. The van der Waals surface area contributed by atoms with Crippen LogP contribution < -0.4 is 10.1 Å². The quantitative estimate of drug-likeness (QED) is 0.715. The lowest BCUT2D eigenvalue weighted by molar-refractivity contribution is -0.123. The van der Waals surface area contributed by atoms with Crippen molar-refractivity contribution >= 4 is 17.5 Å². The fourth-order valence-corrected chi connectivity index (χ4v) is 2.76.